The van der Waals surface area contributed by atoms with Crippen molar-refractivity contribution in [3.8, 4) is 5.69 Å². The molecule has 0 radical (unpaired) electrons. The number of halogens is 1. The number of rotatable bonds is 4. The maximum Gasteiger partial charge on any atom is 0.318 e. The van der Waals surface area contributed by atoms with E-state index in [4.69, 9.17) is 5.73 Å². The van der Waals surface area contributed by atoms with E-state index in [0.29, 0.717) is 5.69 Å². The number of nitrogens with one attached hydrogen (secondary N) is 1. The van der Waals surface area contributed by atoms with Crippen LogP contribution in [0.4, 0.5) is 9.18 Å². The molecule has 0 fully saturated rings. The third kappa shape index (κ3) is 3.75. The van der Waals surface area contributed by atoms with Crippen LogP contribution in [0.2, 0.25) is 0 Å². The Balaban J connectivity index is 2.17. The van der Waals surface area contributed by atoms with E-state index < -0.39 is 23.0 Å². The Morgan fingerprint density at radius 3 is 2.90 bits per heavy atom. The van der Waals surface area contributed by atoms with Gasteiger partial charge >= 0.3 is 6.03 Å². The summed E-state index contributed by atoms with van der Waals surface area (Å²) >= 11 is 1.01. The Bertz CT molecular complexity index is 676. The lowest BCUT2D eigenvalue weighted by Crippen LogP contribution is -2.39. The number of carbonyl (C=O) groups excluding carboxylic acids is 2. The Labute approximate surface area is 122 Å². The highest BCUT2D eigenvalue weighted by atomic mass is 32.2. The monoisotopic (exact) mass is 310 g/mol. The number of hydrogen-bond acceptors (Lipinski definition) is 6. The summed E-state index contributed by atoms with van der Waals surface area (Å²) in [6.45, 7) is 1.56. The first-order chi connectivity index (χ1) is 9.97. The minimum absolute atomic E-state index is 0.285. The second-order valence-electron chi connectivity index (χ2n) is 3.97. The van der Waals surface area contributed by atoms with Crippen molar-refractivity contribution in [3.63, 3.8) is 0 Å². The van der Waals surface area contributed by atoms with E-state index in [1.807, 2.05) is 5.32 Å². The Kier molecular flexibility index (Phi) is 4.48. The van der Waals surface area contributed by atoms with Crippen LogP contribution < -0.4 is 11.1 Å². The number of nitrogens with zero attached hydrogens (tertiary/aromatic N) is 4. The van der Waals surface area contributed by atoms with Crippen LogP contribution >= 0.6 is 11.8 Å². The topological polar surface area (TPSA) is 116 Å². The summed E-state index contributed by atoms with van der Waals surface area (Å²) in [5.74, 6) is -1.00. The number of aromatic nitrogens is 4. The van der Waals surface area contributed by atoms with E-state index in [-0.39, 0.29) is 5.16 Å². The summed E-state index contributed by atoms with van der Waals surface area (Å²) in [4.78, 5) is 22.2. The molecule has 0 aliphatic heterocycles. The second kappa shape index (κ2) is 6.31. The van der Waals surface area contributed by atoms with Gasteiger partial charge in [0.05, 0.1) is 10.9 Å². The maximum atomic E-state index is 13.2. The lowest BCUT2D eigenvalue weighted by molar-refractivity contribution is -0.119. The number of carbonyl (C=O) groups is 2. The lowest BCUT2D eigenvalue weighted by Gasteiger charge is -2.09. The maximum absolute atomic E-state index is 13.2. The van der Waals surface area contributed by atoms with Crippen molar-refractivity contribution in [2.24, 2.45) is 5.73 Å². The van der Waals surface area contributed by atoms with Crippen LogP contribution in [0.25, 0.3) is 5.69 Å². The summed E-state index contributed by atoms with van der Waals surface area (Å²) < 4.78 is 14.5. The standard InChI is InChI=1S/C11H11FN6O2S/c1-6(9(19)14-10(13)20)21-11-15-16-17-18(11)8-4-2-3-7(12)5-8/h2-6H,1H3,(H3,13,14,19,20)/t6-/m0/s1. The molecular weight excluding hydrogens is 299 g/mol. The molecule has 0 unspecified atom stereocenters. The SMILES string of the molecule is C[C@H](Sc1nnnn1-c1cccc(F)c1)C(=O)NC(N)=O. The van der Waals surface area contributed by atoms with Gasteiger partial charge in [-0.1, -0.05) is 17.8 Å². The largest absolute Gasteiger partial charge is 0.351 e. The van der Waals surface area contributed by atoms with Crippen molar-refractivity contribution >= 4 is 23.7 Å². The van der Waals surface area contributed by atoms with Crippen molar-refractivity contribution in [1.29, 1.82) is 0 Å². The number of primary amides is 1. The molecule has 0 bridgehead atoms. The van der Waals surface area contributed by atoms with Crippen LogP contribution in [-0.4, -0.2) is 37.4 Å². The molecule has 3 amide bonds. The van der Waals surface area contributed by atoms with Gasteiger partial charge in [-0.15, -0.1) is 5.10 Å². The fourth-order valence-electron chi connectivity index (χ4n) is 1.46. The molecule has 8 nitrogen and oxygen atoms in total. The normalized spacial score (nSPS) is 11.9. The van der Waals surface area contributed by atoms with Gasteiger partial charge < -0.3 is 5.73 Å². The van der Waals surface area contributed by atoms with Gasteiger partial charge in [0, 0.05) is 0 Å². The van der Waals surface area contributed by atoms with E-state index in [2.05, 4.69) is 15.5 Å². The predicted octanol–water partition coefficient (Wildman–Crippen LogP) is 0.477. The van der Waals surface area contributed by atoms with E-state index in [0.717, 1.165) is 11.8 Å². The molecular formula is C11H11FN6O2S. The molecule has 21 heavy (non-hydrogen) atoms. The molecule has 1 heterocycles. The number of amides is 3. The molecule has 2 aromatic rings. The molecule has 1 aromatic carbocycles. The van der Waals surface area contributed by atoms with E-state index in [1.54, 1.807) is 13.0 Å². The zero-order valence-corrected chi connectivity index (χ0v) is 11.7. The van der Waals surface area contributed by atoms with Gasteiger partial charge in [-0.2, -0.15) is 4.68 Å². The number of nitrogens with two attached hydrogens (primary N) is 1. The van der Waals surface area contributed by atoms with Gasteiger partial charge in [-0.05, 0) is 35.5 Å². The molecule has 2 rings (SSSR count). The number of hydrogen-bond donors (Lipinski definition) is 2. The minimum Gasteiger partial charge on any atom is -0.351 e. The summed E-state index contributed by atoms with van der Waals surface area (Å²) in [5, 5.41) is 12.6. The molecule has 10 heteroatoms. The molecule has 110 valence electrons. The lowest BCUT2D eigenvalue weighted by atomic mass is 10.3. The highest BCUT2D eigenvalue weighted by Crippen LogP contribution is 2.23. The van der Waals surface area contributed by atoms with E-state index >= 15 is 0 Å². The van der Waals surface area contributed by atoms with Gasteiger partial charge in [0.1, 0.15) is 5.82 Å². The molecule has 0 aliphatic carbocycles. The summed E-state index contributed by atoms with van der Waals surface area (Å²) in [7, 11) is 0. The summed E-state index contributed by atoms with van der Waals surface area (Å²) in [5.41, 5.74) is 5.30. The molecule has 0 saturated carbocycles. The smallest absolute Gasteiger partial charge is 0.318 e. The first-order valence-corrected chi connectivity index (χ1v) is 6.66. The number of benzene rings is 1. The molecule has 3 N–H and O–H groups in total. The highest BCUT2D eigenvalue weighted by Gasteiger charge is 2.20. The van der Waals surface area contributed by atoms with Crippen molar-refractivity contribution in [2.45, 2.75) is 17.3 Å². The first-order valence-electron chi connectivity index (χ1n) is 5.78. The molecule has 0 saturated heterocycles. The third-order valence-electron chi connectivity index (χ3n) is 2.39. The average Bonchev–Trinajstić information content (AvgIpc) is 2.86. The van der Waals surface area contributed by atoms with Crippen molar-refractivity contribution in [1.82, 2.24) is 25.5 Å². The fourth-order valence-corrected chi connectivity index (χ4v) is 2.26. The van der Waals surface area contributed by atoms with Gasteiger partial charge in [0.25, 0.3) is 0 Å². The Morgan fingerprint density at radius 2 is 2.24 bits per heavy atom. The molecule has 0 aliphatic rings. The first kappa shape index (κ1) is 14.9. The zero-order chi connectivity index (χ0) is 15.4. The highest BCUT2D eigenvalue weighted by molar-refractivity contribution is 8.00. The van der Waals surface area contributed by atoms with Crippen LogP contribution in [0, 0.1) is 5.82 Å². The second-order valence-corrected chi connectivity index (χ2v) is 5.27. The van der Waals surface area contributed by atoms with E-state index in [9.17, 15) is 14.0 Å². The van der Waals surface area contributed by atoms with Crippen molar-refractivity contribution in [2.75, 3.05) is 0 Å². The quantitative estimate of drug-likeness (QED) is 0.793. The van der Waals surface area contributed by atoms with Gasteiger partial charge in [-0.25, -0.2) is 9.18 Å². The number of thioether (sulfide) groups is 1. The van der Waals surface area contributed by atoms with Crippen LogP contribution in [0.5, 0.6) is 0 Å². The number of tetrazole rings is 1. The average molecular weight is 310 g/mol. The summed E-state index contributed by atoms with van der Waals surface area (Å²) in [6, 6.07) is 4.76. The van der Waals surface area contributed by atoms with Gasteiger partial charge in [-0.3, -0.25) is 10.1 Å². The third-order valence-corrected chi connectivity index (χ3v) is 3.42. The fraction of sp³-hybridized carbons (Fsp3) is 0.182. The Morgan fingerprint density at radius 1 is 1.48 bits per heavy atom. The minimum atomic E-state index is -0.933. The van der Waals surface area contributed by atoms with E-state index in [1.165, 1.54) is 22.9 Å². The van der Waals surface area contributed by atoms with Gasteiger partial charge in [0.2, 0.25) is 11.1 Å². The number of imide groups is 1. The van der Waals surface area contributed by atoms with Crippen LogP contribution in [-0.2, 0) is 4.79 Å². The van der Waals surface area contributed by atoms with Crippen molar-refractivity contribution in [3.05, 3.63) is 30.1 Å². The Hall–Kier alpha value is -2.49. The zero-order valence-electron chi connectivity index (χ0n) is 10.9. The molecule has 1 atom stereocenters. The number of urea groups is 1. The summed E-state index contributed by atoms with van der Waals surface area (Å²) in [6.07, 6.45) is 0. The van der Waals surface area contributed by atoms with Crippen LogP contribution in [0.1, 0.15) is 6.92 Å². The van der Waals surface area contributed by atoms with Crippen molar-refractivity contribution < 1.29 is 14.0 Å². The van der Waals surface area contributed by atoms with Gasteiger partial charge in [0.15, 0.2) is 0 Å². The van der Waals surface area contributed by atoms with Crippen LogP contribution in [0.15, 0.2) is 29.4 Å². The molecule has 1 aromatic heterocycles. The predicted molar refractivity (Wildman–Crippen MR) is 72.2 cm³/mol. The van der Waals surface area contributed by atoms with Crippen LogP contribution in [0.3, 0.4) is 0 Å². The molecule has 0 spiro atoms.